The highest BCUT2D eigenvalue weighted by Crippen LogP contribution is 2.25. The lowest BCUT2D eigenvalue weighted by atomic mass is 10.4. The third-order valence-corrected chi connectivity index (χ3v) is 3.52. The van der Waals surface area contributed by atoms with Gasteiger partial charge in [0.25, 0.3) is 0 Å². The molecule has 0 spiro atoms. The van der Waals surface area contributed by atoms with Gasteiger partial charge in [-0.1, -0.05) is 20.8 Å². The number of nitrogens with zero attached hydrogens (tertiary/aromatic N) is 2. The molecule has 0 N–H and O–H groups in total. The van der Waals surface area contributed by atoms with Gasteiger partial charge in [0.05, 0.1) is 0 Å². The Labute approximate surface area is 98.1 Å². The Hall–Kier alpha value is -0.0900. The van der Waals surface area contributed by atoms with E-state index in [1.54, 1.807) is 11.8 Å². The summed E-state index contributed by atoms with van der Waals surface area (Å²) in [4.78, 5) is 8.74. The first-order valence-electron chi connectivity index (χ1n) is 4.85. The van der Waals surface area contributed by atoms with Crippen molar-refractivity contribution in [3.63, 3.8) is 0 Å². The minimum Gasteiger partial charge on any atom is -0.227 e. The molecule has 1 unspecified atom stereocenters. The van der Waals surface area contributed by atoms with Crippen molar-refractivity contribution >= 4 is 27.7 Å². The Morgan fingerprint density at radius 1 is 1.43 bits per heavy atom. The summed E-state index contributed by atoms with van der Waals surface area (Å²) in [7, 11) is 0. The normalized spacial score (nSPS) is 12.9. The molecule has 1 aromatic heterocycles. The van der Waals surface area contributed by atoms with Crippen LogP contribution in [0.1, 0.15) is 33.0 Å². The lowest BCUT2D eigenvalue weighted by Gasteiger charge is -2.08. The highest BCUT2D eigenvalue weighted by molar-refractivity contribution is 9.10. The third kappa shape index (κ3) is 3.58. The van der Waals surface area contributed by atoms with Crippen LogP contribution in [0.25, 0.3) is 0 Å². The minimum atomic E-state index is 0.613. The molecule has 0 bridgehead atoms. The molecule has 0 fully saturated rings. The van der Waals surface area contributed by atoms with Crippen LogP contribution in [0.2, 0.25) is 0 Å². The van der Waals surface area contributed by atoms with E-state index in [0.717, 1.165) is 28.3 Å². The summed E-state index contributed by atoms with van der Waals surface area (Å²) in [5, 5.41) is 1.68. The lowest BCUT2D eigenvalue weighted by Crippen LogP contribution is -1.98. The smallest absolute Gasteiger partial charge is 0.130 e. The molecule has 0 saturated carbocycles. The number of thioether (sulfide) groups is 1. The number of aryl methyl sites for hydroxylation is 1. The van der Waals surface area contributed by atoms with Gasteiger partial charge >= 0.3 is 0 Å². The molecule has 0 radical (unpaired) electrons. The Morgan fingerprint density at radius 3 is 2.71 bits per heavy atom. The summed E-state index contributed by atoms with van der Waals surface area (Å²) in [6, 6.07) is 1.98. The fraction of sp³-hybridized carbons (Fsp3) is 0.600. The fourth-order valence-corrected chi connectivity index (χ4v) is 2.44. The molecule has 1 rings (SSSR count). The zero-order valence-corrected chi connectivity index (χ0v) is 11.2. The Kier molecular flexibility index (Phi) is 4.89. The van der Waals surface area contributed by atoms with E-state index in [2.05, 4.69) is 46.7 Å². The molecule has 0 aliphatic carbocycles. The number of hydrogen-bond donors (Lipinski definition) is 0. The van der Waals surface area contributed by atoms with Crippen LogP contribution < -0.4 is 0 Å². The minimum absolute atomic E-state index is 0.613. The number of hydrogen-bond acceptors (Lipinski definition) is 3. The molecule has 2 nitrogen and oxygen atoms in total. The molecule has 0 aliphatic heterocycles. The zero-order chi connectivity index (χ0) is 10.6. The van der Waals surface area contributed by atoms with E-state index in [1.165, 1.54) is 0 Å². The van der Waals surface area contributed by atoms with Gasteiger partial charge in [-0.05, 0) is 22.4 Å². The monoisotopic (exact) mass is 274 g/mol. The van der Waals surface area contributed by atoms with Crippen molar-refractivity contribution in [2.45, 2.75) is 43.9 Å². The van der Waals surface area contributed by atoms with Crippen LogP contribution in [-0.2, 0) is 6.42 Å². The van der Waals surface area contributed by atoms with Gasteiger partial charge in [0.2, 0.25) is 0 Å². The Bertz CT molecular complexity index is 304. The van der Waals surface area contributed by atoms with Crippen LogP contribution in [0.3, 0.4) is 0 Å². The van der Waals surface area contributed by atoms with E-state index >= 15 is 0 Å². The molecular formula is C10H15BrN2S. The van der Waals surface area contributed by atoms with Gasteiger partial charge in [0.15, 0.2) is 0 Å². The van der Waals surface area contributed by atoms with E-state index in [-0.39, 0.29) is 0 Å². The van der Waals surface area contributed by atoms with E-state index < -0.39 is 0 Å². The van der Waals surface area contributed by atoms with Crippen molar-refractivity contribution in [1.29, 1.82) is 0 Å². The maximum atomic E-state index is 4.46. The van der Waals surface area contributed by atoms with Crippen LogP contribution in [-0.4, -0.2) is 15.2 Å². The summed E-state index contributed by atoms with van der Waals surface area (Å²) in [5.41, 5.74) is 0. The van der Waals surface area contributed by atoms with E-state index in [9.17, 15) is 0 Å². The average Bonchev–Trinajstić information content (AvgIpc) is 2.16. The quantitative estimate of drug-likeness (QED) is 0.619. The number of aromatic nitrogens is 2. The number of rotatable bonds is 4. The van der Waals surface area contributed by atoms with Crippen molar-refractivity contribution in [1.82, 2.24) is 9.97 Å². The summed E-state index contributed by atoms with van der Waals surface area (Å²) in [6.07, 6.45) is 2.04. The van der Waals surface area contributed by atoms with Crippen molar-refractivity contribution in [3.8, 4) is 0 Å². The maximum absolute atomic E-state index is 4.46. The summed E-state index contributed by atoms with van der Waals surface area (Å²) >= 11 is 5.21. The van der Waals surface area contributed by atoms with Crippen LogP contribution in [0, 0.1) is 0 Å². The van der Waals surface area contributed by atoms with Crippen molar-refractivity contribution in [3.05, 3.63) is 16.5 Å². The van der Waals surface area contributed by atoms with Crippen LogP contribution in [0.5, 0.6) is 0 Å². The molecule has 78 valence electrons. The highest BCUT2D eigenvalue weighted by Gasteiger charge is 2.06. The SMILES string of the molecule is CCc1nc(Br)cc(SC(C)CC)n1. The maximum Gasteiger partial charge on any atom is 0.130 e. The van der Waals surface area contributed by atoms with Gasteiger partial charge in [-0.2, -0.15) is 0 Å². The van der Waals surface area contributed by atoms with E-state index in [0.29, 0.717) is 5.25 Å². The summed E-state index contributed by atoms with van der Waals surface area (Å²) in [6.45, 7) is 6.47. The second kappa shape index (κ2) is 5.71. The third-order valence-electron chi connectivity index (χ3n) is 1.93. The van der Waals surface area contributed by atoms with Crippen molar-refractivity contribution in [2.75, 3.05) is 0 Å². The highest BCUT2D eigenvalue weighted by atomic mass is 79.9. The average molecular weight is 275 g/mol. The molecule has 0 saturated heterocycles. The molecule has 0 aromatic carbocycles. The molecule has 4 heteroatoms. The molecule has 14 heavy (non-hydrogen) atoms. The Morgan fingerprint density at radius 2 is 2.14 bits per heavy atom. The van der Waals surface area contributed by atoms with Crippen molar-refractivity contribution in [2.24, 2.45) is 0 Å². The van der Waals surface area contributed by atoms with Gasteiger partial charge in [0.1, 0.15) is 15.5 Å². The number of halogens is 1. The van der Waals surface area contributed by atoms with Gasteiger partial charge in [-0.25, -0.2) is 9.97 Å². The summed E-state index contributed by atoms with van der Waals surface area (Å²) in [5.74, 6) is 0.908. The van der Waals surface area contributed by atoms with E-state index in [4.69, 9.17) is 0 Å². The predicted molar refractivity (Wildman–Crippen MR) is 64.7 cm³/mol. The second-order valence-electron chi connectivity index (χ2n) is 3.14. The second-order valence-corrected chi connectivity index (χ2v) is 5.41. The lowest BCUT2D eigenvalue weighted by molar-refractivity contribution is 0.862. The predicted octanol–water partition coefficient (Wildman–Crippen LogP) is 3.69. The van der Waals surface area contributed by atoms with Gasteiger partial charge in [-0.3, -0.25) is 0 Å². The molecule has 1 atom stereocenters. The van der Waals surface area contributed by atoms with Crippen LogP contribution >= 0.6 is 27.7 Å². The largest absolute Gasteiger partial charge is 0.227 e. The molecule has 1 heterocycles. The molecule has 1 aromatic rings. The molecule has 0 amide bonds. The standard InChI is InChI=1S/C10H15BrN2S/c1-4-7(3)14-10-6-8(11)12-9(5-2)13-10/h6-7H,4-5H2,1-3H3. The first-order valence-corrected chi connectivity index (χ1v) is 6.53. The first kappa shape index (κ1) is 12.0. The van der Waals surface area contributed by atoms with E-state index in [1.807, 2.05) is 6.07 Å². The molecular weight excluding hydrogens is 260 g/mol. The Balaban J connectivity index is 2.81. The van der Waals surface area contributed by atoms with Gasteiger partial charge < -0.3 is 0 Å². The topological polar surface area (TPSA) is 25.8 Å². The van der Waals surface area contributed by atoms with Crippen molar-refractivity contribution < 1.29 is 0 Å². The fourth-order valence-electron chi connectivity index (χ4n) is 0.950. The zero-order valence-electron chi connectivity index (χ0n) is 8.75. The first-order chi connectivity index (χ1) is 6.65. The summed E-state index contributed by atoms with van der Waals surface area (Å²) < 4.78 is 0.884. The van der Waals surface area contributed by atoms with Crippen LogP contribution in [0.4, 0.5) is 0 Å². The van der Waals surface area contributed by atoms with Gasteiger partial charge in [-0.15, -0.1) is 11.8 Å². The van der Waals surface area contributed by atoms with Gasteiger partial charge in [0, 0.05) is 17.7 Å². The van der Waals surface area contributed by atoms with Crippen LogP contribution in [0.15, 0.2) is 15.7 Å². The molecule has 0 aliphatic rings.